The molecule has 0 atom stereocenters. The number of amides is 1. The van der Waals surface area contributed by atoms with Crippen molar-refractivity contribution in [2.45, 2.75) is 11.3 Å². The van der Waals surface area contributed by atoms with Crippen molar-refractivity contribution in [3.05, 3.63) is 54.1 Å². The fourth-order valence-electron chi connectivity index (χ4n) is 1.68. The molecule has 2 rings (SSSR count). The van der Waals surface area contributed by atoms with Gasteiger partial charge in [0.2, 0.25) is 5.91 Å². The lowest BCUT2D eigenvalue weighted by molar-refractivity contribution is -0.115. The highest BCUT2D eigenvalue weighted by atomic mass is 32.2. The number of carbonyl (C=O) groups excluding carboxylic acids is 1. The number of rotatable bonds is 4. The van der Waals surface area contributed by atoms with E-state index in [0.717, 1.165) is 16.1 Å². The zero-order valence-electron chi connectivity index (χ0n) is 10.6. The Bertz CT molecular complexity index is 549. The van der Waals surface area contributed by atoms with Crippen LogP contribution in [0.1, 0.15) is 5.56 Å². The van der Waals surface area contributed by atoms with Crippen LogP contribution in [0.15, 0.2) is 53.4 Å². The van der Waals surface area contributed by atoms with E-state index in [9.17, 15) is 9.90 Å². The standard InChI is InChI=1S/C15H15NO2S/c1-19-14-8-4-12(5-9-14)16-15(18)10-11-2-6-13(17)7-3-11/h2-9,17H,10H2,1H3,(H,16,18). The molecule has 0 unspecified atom stereocenters. The number of phenols is 1. The highest BCUT2D eigenvalue weighted by Gasteiger charge is 2.04. The minimum Gasteiger partial charge on any atom is -0.508 e. The van der Waals surface area contributed by atoms with E-state index >= 15 is 0 Å². The molecule has 19 heavy (non-hydrogen) atoms. The average molecular weight is 273 g/mol. The summed E-state index contributed by atoms with van der Waals surface area (Å²) in [5.41, 5.74) is 1.66. The summed E-state index contributed by atoms with van der Waals surface area (Å²) in [7, 11) is 0. The van der Waals surface area contributed by atoms with Gasteiger partial charge in [-0.15, -0.1) is 11.8 Å². The van der Waals surface area contributed by atoms with E-state index in [4.69, 9.17) is 0 Å². The van der Waals surface area contributed by atoms with Gasteiger partial charge in [-0.2, -0.15) is 0 Å². The number of benzene rings is 2. The van der Waals surface area contributed by atoms with Crippen molar-refractivity contribution in [2.75, 3.05) is 11.6 Å². The first-order chi connectivity index (χ1) is 9.17. The van der Waals surface area contributed by atoms with Gasteiger partial charge in [-0.05, 0) is 48.2 Å². The van der Waals surface area contributed by atoms with Crippen LogP contribution in [0.2, 0.25) is 0 Å². The van der Waals surface area contributed by atoms with Crippen molar-refractivity contribution in [2.24, 2.45) is 0 Å². The monoisotopic (exact) mass is 273 g/mol. The second-order valence-corrected chi connectivity index (χ2v) is 5.00. The summed E-state index contributed by atoms with van der Waals surface area (Å²) < 4.78 is 0. The number of carbonyl (C=O) groups is 1. The molecule has 0 saturated carbocycles. The summed E-state index contributed by atoms with van der Waals surface area (Å²) in [6.45, 7) is 0. The van der Waals surface area contributed by atoms with E-state index in [1.807, 2.05) is 30.5 Å². The van der Waals surface area contributed by atoms with Gasteiger partial charge < -0.3 is 10.4 Å². The predicted octanol–water partition coefficient (Wildman–Crippen LogP) is 3.30. The molecule has 0 heterocycles. The number of phenolic OH excluding ortho intramolecular Hbond substituents is 1. The van der Waals surface area contributed by atoms with Gasteiger partial charge in [0.25, 0.3) is 0 Å². The molecule has 3 nitrogen and oxygen atoms in total. The highest BCUT2D eigenvalue weighted by Crippen LogP contribution is 2.17. The van der Waals surface area contributed by atoms with Gasteiger partial charge in [0.1, 0.15) is 5.75 Å². The zero-order chi connectivity index (χ0) is 13.7. The number of hydrogen-bond acceptors (Lipinski definition) is 3. The van der Waals surface area contributed by atoms with Gasteiger partial charge >= 0.3 is 0 Å². The van der Waals surface area contributed by atoms with E-state index < -0.39 is 0 Å². The molecule has 0 saturated heterocycles. The Balaban J connectivity index is 1.95. The molecule has 0 aliphatic carbocycles. The topological polar surface area (TPSA) is 49.3 Å². The predicted molar refractivity (Wildman–Crippen MR) is 78.7 cm³/mol. The number of hydrogen-bond donors (Lipinski definition) is 2. The maximum absolute atomic E-state index is 11.8. The van der Waals surface area contributed by atoms with Crippen molar-refractivity contribution >= 4 is 23.4 Å². The molecule has 0 aliphatic rings. The number of aromatic hydroxyl groups is 1. The summed E-state index contributed by atoms with van der Waals surface area (Å²) in [4.78, 5) is 13.0. The lowest BCUT2D eigenvalue weighted by Gasteiger charge is -2.06. The van der Waals surface area contributed by atoms with E-state index in [1.165, 1.54) is 0 Å². The van der Waals surface area contributed by atoms with E-state index in [0.29, 0.717) is 6.42 Å². The van der Waals surface area contributed by atoms with Gasteiger partial charge in [0.05, 0.1) is 6.42 Å². The maximum Gasteiger partial charge on any atom is 0.228 e. The minimum absolute atomic E-state index is 0.0670. The molecule has 2 aromatic rings. The molecule has 0 radical (unpaired) electrons. The van der Waals surface area contributed by atoms with Gasteiger partial charge in [-0.25, -0.2) is 0 Å². The lowest BCUT2D eigenvalue weighted by Crippen LogP contribution is -2.14. The van der Waals surface area contributed by atoms with Crippen LogP contribution in [0.3, 0.4) is 0 Å². The highest BCUT2D eigenvalue weighted by molar-refractivity contribution is 7.98. The number of anilines is 1. The molecular formula is C15H15NO2S. The summed E-state index contributed by atoms with van der Waals surface area (Å²) in [6, 6.07) is 14.4. The molecule has 0 aromatic heterocycles. The third-order valence-corrected chi connectivity index (χ3v) is 3.42. The Hall–Kier alpha value is -1.94. The minimum atomic E-state index is -0.0670. The largest absolute Gasteiger partial charge is 0.508 e. The van der Waals surface area contributed by atoms with Crippen LogP contribution in [0, 0.1) is 0 Å². The van der Waals surface area contributed by atoms with Crippen LogP contribution in [0.25, 0.3) is 0 Å². The Morgan fingerprint density at radius 1 is 1.11 bits per heavy atom. The summed E-state index contributed by atoms with van der Waals surface area (Å²) in [5.74, 6) is 0.138. The Labute approximate surface area is 116 Å². The van der Waals surface area contributed by atoms with Crippen LogP contribution in [0.5, 0.6) is 5.75 Å². The van der Waals surface area contributed by atoms with Crippen molar-refractivity contribution in [3.63, 3.8) is 0 Å². The molecule has 0 fully saturated rings. The summed E-state index contributed by atoms with van der Waals surface area (Å²) in [6.07, 6.45) is 2.31. The second kappa shape index (κ2) is 6.29. The van der Waals surface area contributed by atoms with Crippen molar-refractivity contribution in [3.8, 4) is 5.75 Å². The van der Waals surface area contributed by atoms with Crippen LogP contribution < -0.4 is 5.32 Å². The quantitative estimate of drug-likeness (QED) is 0.840. The summed E-state index contributed by atoms with van der Waals surface area (Å²) in [5, 5.41) is 12.0. The zero-order valence-corrected chi connectivity index (χ0v) is 11.4. The Morgan fingerprint density at radius 3 is 2.32 bits per heavy atom. The van der Waals surface area contributed by atoms with Crippen LogP contribution in [0.4, 0.5) is 5.69 Å². The molecule has 2 N–H and O–H groups in total. The molecule has 98 valence electrons. The average Bonchev–Trinajstić information content (AvgIpc) is 2.42. The van der Waals surface area contributed by atoms with Crippen LogP contribution in [-0.4, -0.2) is 17.3 Å². The Morgan fingerprint density at radius 2 is 1.74 bits per heavy atom. The van der Waals surface area contributed by atoms with Crippen LogP contribution in [-0.2, 0) is 11.2 Å². The van der Waals surface area contributed by atoms with Gasteiger partial charge in [-0.3, -0.25) is 4.79 Å². The molecule has 0 spiro atoms. The van der Waals surface area contributed by atoms with Crippen molar-refractivity contribution < 1.29 is 9.90 Å². The second-order valence-electron chi connectivity index (χ2n) is 4.12. The number of nitrogens with one attached hydrogen (secondary N) is 1. The normalized spacial score (nSPS) is 10.2. The third-order valence-electron chi connectivity index (χ3n) is 2.67. The SMILES string of the molecule is CSc1ccc(NC(=O)Cc2ccc(O)cc2)cc1. The molecular weight excluding hydrogens is 258 g/mol. The first-order valence-electron chi connectivity index (χ1n) is 5.89. The van der Waals surface area contributed by atoms with E-state index in [2.05, 4.69) is 5.32 Å². The van der Waals surface area contributed by atoms with Gasteiger partial charge in [-0.1, -0.05) is 12.1 Å². The first kappa shape index (κ1) is 13.5. The van der Waals surface area contributed by atoms with E-state index in [-0.39, 0.29) is 11.7 Å². The smallest absolute Gasteiger partial charge is 0.228 e. The van der Waals surface area contributed by atoms with Crippen LogP contribution >= 0.6 is 11.8 Å². The van der Waals surface area contributed by atoms with Crippen molar-refractivity contribution in [1.29, 1.82) is 0 Å². The fourth-order valence-corrected chi connectivity index (χ4v) is 2.09. The molecule has 0 aliphatic heterocycles. The fraction of sp³-hybridized carbons (Fsp3) is 0.133. The van der Waals surface area contributed by atoms with E-state index in [1.54, 1.807) is 36.0 Å². The van der Waals surface area contributed by atoms with Gasteiger partial charge in [0.15, 0.2) is 0 Å². The molecule has 2 aromatic carbocycles. The van der Waals surface area contributed by atoms with Crippen molar-refractivity contribution in [1.82, 2.24) is 0 Å². The van der Waals surface area contributed by atoms with Gasteiger partial charge in [0, 0.05) is 10.6 Å². The Kier molecular flexibility index (Phi) is 4.47. The first-order valence-corrected chi connectivity index (χ1v) is 7.11. The molecule has 4 heteroatoms. The maximum atomic E-state index is 11.8. The third kappa shape index (κ3) is 4.03. The summed E-state index contributed by atoms with van der Waals surface area (Å²) >= 11 is 1.66. The number of thioether (sulfide) groups is 1. The molecule has 1 amide bonds. The lowest BCUT2D eigenvalue weighted by atomic mass is 10.1. The molecule has 0 bridgehead atoms.